The third-order valence-corrected chi connectivity index (χ3v) is 3.20. The highest BCUT2D eigenvalue weighted by Gasteiger charge is 2.19. The number of aromatic amines is 1. The van der Waals surface area contributed by atoms with Gasteiger partial charge in [0, 0.05) is 0 Å². The molecule has 3 N–H and O–H groups in total. The van der Waals surface area contributed by atoms with Gasteiger partial charge in [-0.25, -0.2) is 0 Å². The number of hydrogen-bond donors (Lipinski definition) is 2. The molecule has 1 amide bonds. The van der Waals surface area contributed by atoms with Crippen LogP contribution in [0.3, 0.4) is 0 Å². The number of nitrogens with one attached hydrogen (secondary N) is 1. The van der Waals surface area contributed by atoms with Gasteiger partial charge in [0.15, 0.2) is 0 Å². The smallest absolute Gasteiger partial charge is 0.288 e. The number of carbonyl (C=O) groups is 1. The van der Waals surface area contributed by atoms with E-state index >= 15 is 0 Å². The Hall–Kier alpha value is -3.08. The van der Waals surface area contributed by atoms with E-state index in [4.69, 9.17) is 10.3 Å². The minimum absolute atomic E-state index is 0.155. The number of carbonyl (C=O) groups excluding carboxylic acids is 1. The number of primary amides is 1. The molecule has 5 nitrogen and oxygen atoms in total. The van der Waals surface area contributed by atoms with Crippen molar-refractivity contribution in [2.75, 3.05) is 0 Å². The van der Waals surface area contributed by atoms with Gasteiger partial charge in [-0.3, -0.25) is 9.59 Å². The number of H-pyrrole nitrogens is 1. The Morgan fingerprint density at radius 2 is 1.48 bits per heavy atom. The Labute approximate surface area is 120 Å². The normalized spacial score (nSPS) is 10.5. The van der Waals surface area contributed by atoms with Crippen molar-refractivity contribution in [1.29, 1.82) is 0 Å². The first-order chi connectivity index (χ1) is 10.2. The maximum Gasteiger partial charge on any atom is 0.288 e. The van der Waals surface area contributed by atoms with Crippen molar-refractivity contribution in [3.8, 4) is 22.3 Å². The lowest BCUT2D eigenvalue weighted by Gasteiger charge is -2.03. The summed E-state index contributed by atoms with van der Waals surface area (Å²) < 4.78 is 4.81. The molecule has 0 bridgehead atoms. The lowest BCUT2D eigenvalue weighted by atomic mass is 10.0. The zero-order chi connectivity index (χ0) is 14.8. The third kappa shape index (κ3) is 2.36. The van der Waals surface area contributed by atoms with Crippen LogP contribution in [-0.4, -0.2) is 11.1 Å². The standard InChI is InChI=1S/C16H12N2O3/c17-15(19)14-13(16(20)18-21-14)12-8-6-11(7-9-12)10-4-2-1-3-5-10/h1-9H,(H2,17,19)(H,18,20). The van der Waals surface area contributed by atoms with Crippen molar-refractivity contribution < 1.29 is 9.32 Å². The molecule has 0 unspecified atom stereocenters. The van der Waals surface area contributed by atoms with Gasteiger partial charge in [0.25, 0.3) is 11.5 Å². The second-order valence-electron chi connectivity index (χ2n) is 4.54. The number of rotatable bonds is 3. The van der Waals surface area contributed by atoms with Gasteiger partial charge in [-0.1, -0.05) is 54.6 Å². The second kappa shape index (κ2) is 5.13. The summed E-state index contributed by atoms with van der Waals surface area (Å²) in [7, 11) is 0. The SMILES string of the molecule is NC(=O)c1o[nH]c(=O)c1-c1ccc(-c2ccccc2)cc1. The van der Waals surface area contributed by atoms with Crippen LogP contribution in [0.4, 0.5) is 0 Å². The van der Waals surface area contributed by atoms with Crippen LogP contribution in [-0.2, 0) is 0 Å². The molecule has 0 fully saturated rings. The Morgan fingerprint density at radius 3 is 2.10 bits per heavy atom. The van der Waals surface area contributed by atoms with Gasteiger partial charge in [0.2, 0.25) is 5.76 Å². The molecule has 0 aliphatic carbocycles. The first-order valence-corrected chi connectivity index (χ1v) is 6.34. The Balaban J connectivity index is 2.05. The van der Waals surface area contributed by atoms with Gasteiger partial charge < -0.3 is 10.3 Å². The molecule has 0 radical (unpaired) electrons. The molecule has 104 valence electrons. The molecular formula is C16H12N2O3. The zero-order valence-electron chi connectivity index (χ0n) is 11.0. The van der Waals surface area contributed by atoms with E-state index in [1.807, 2.05) is 42.5 Å². The van der Waals surface area contributed by atoms with E-state index < -0.39 is 11.5 Å². The second-order valence-corrected chi connectivity index (χ2v) is 4.54. The molecule has 1 aromatic heterocycles. The maximum absolute atomic E-state index is 11.7. The fourth-order valence-corrected chi connectivity index (χ4v) is 2.20. The lowest BCUT2D eigenvalue weighted by Crippen LogP contribution is -2.13. The van der Waals surface area contributed by atoms with Gasteiger partial charge in [-0.2, -0.15) is 5.16 Å². The number of nitrogens with two attached hydrogens (primary N) is 1. The summed E-state index contributed by atoms with van der Waals surface area (Å²) >= 11 is 0. The topological polar surface area (TPSA) is 89.1 Å². The van der Waals surface area contributed by atoms with Crippen molar-refractivity contribution in [1.82, 2.24) is 5.16 Å². The van der Waals surface area contributed by atoms with Crippen LogP contribution < -0.4 is 11.3 Å². The molecule has 0 saturated carbocycles. The Kier molecular flexibility index (Phi) is 3.16. The van der Waals surface area contributed by atoms with E-state index in [1.54, 1.807) is 12.1 Å². The molecule has 3 rings (SSSR count). The number of amides is 1. The molecule has 21 heavy (non-hydrogen) atoms. The molecular weight excluding hydrogens is 268 g/mol. The van der Waals surface area contributed by atoms with Crippen LogP contribution in [0.1, 0.15) is 10.6 Å². The molecule has 0 saturated heterocycles. The summed E-state index contributed by atoms with van der Waals surface area (Å²) in [5, 5.41) is 2.13. The van der Waals surface area contributed by atoms with Crippen LogP contribution in [0.25, 0.3) is 22.3 Å². The van der Waals surface area contributed by atoms with Crippen LogP contribution in [0.5, 0.6) is 0 Å². The molecule has 5 heteroatoms. The van der Waals surface area contributed by atoms with Crippen LogP contribution in [0, 0.1) is 0 Å². The highest BCUT2D eigenvalue weighted by Crippen LogP contribution is 2.24. The quantitative estimate of drug-likeness (QED) is 0.772. The third-order valence-electron chi connectivity index (χ3n) is 3.20. The highest BCUT2D eigenvalue weighted by molar-refractivity contribution is 5.96. The number of benzene rings is 2. The van der Waals surface area contributed by atoms with Crippen LogP contribution >= 0.6 is 0 Å². The monoisotopic (exact) mass is 280 g/mol. The first-order valence-electron chi connectivity index (χ1n) is 6.34. The van der Waals surface area contributed by atoms with E-state index in [1.165, 1.54) is 0 Å². The van der Waals surface area contributed by atoms with Crippen LogP contribution in [0.2, 0.25) is 0 Å². The van der Waals surface area contributed by atoms with E-state index in [-0.39, 0.29) is 11.3 Å². The average Bonchev–Trinajstić information content (AvgIpc) is 2.90. The van der Waals surface area contributed by atoms with Gasteiger partial charge in [-0.15, -0.1) is 0 Å². The molecule has 3 aromatic rings. The van der Waals surface area contributed by atoms with Gasteiger partial charge in [-0.05, 0) is 16.7 Å². The highest BCUT2D eigenvalue weighted by atomic mass is 16.5. The van der Waals surface area contributed by atoms with Crippen LogP contribution in [0.15, 0.2) is 63.9 Å². The fraction of sp³-hybridized carbons (Fsp3) is 0. The Bertz CT molecular complexity index is 830. The molecule has 0 spiro atoms. The minimum Gasteiger partial charge on any atom is -0.372 e. The van der Waals surface area contributed by atoms with Gasteiger partial charge in [0.1, 0.15) is 5.56 Å². The summed E-state index contributed by atoms with van der Waals surface area (Å²) in [4.78, 5) is 23.0. The largest absolute Gasteiger partial charge is 0.372 e. The summed E-state index contributed by atoms with van der Waals surface area (Å²) in [5.74, 6) is -0.942. The van der Waals surface area contributed by atoms with Crippen molar-refractivity contribution in [3.63, 3.8) is 0 Å². The van der Waals surface area contributed by atoms with E-state index in [2.05, 4.69) is 5.16 Å². The first kappa shape index (κ1) is 12.9. The van der Waals surface area contributed by atoms with E-state index in [9.17, 15) is 9.59 Å². The molecule has 0 atom stereocenters. The van der Waals surface area contributed by atoms with Crippen molar-refractivity contribution >= 4 is 5.91 Å². The summed E-state index contributed by atoms with van der Waals surface area (Å²) in [5.41, 5.74) is 7.54. The lowest BCUT2D eigenvalue weighted by molar-refractivity contribution is 0.0965. The van der Waals surface area contributed by atoms with Gasteiger partial charge >= 0.3 is 0 Å². The zero-order valence-corrected chi connectivity index (χ0v) is 11.0. The van der Waals surface area contributed by atoms with E-state index in [0.29, 0.717) is 5.56 Å². The predicted molar refractivity (Wildman–Crippen MR) is 78.7 cm³/mol. The summed E-state index contributed by atoms with van der Waals surface area (Å²) in [6.45, 7) is 0. The summed E-state index contributed by atoms with van der Waals surface area (Å²) in [6, 6.07) is 17.1. The van der Waals surface area contributed by atoms with Crippen molar-refractivity contribution in [2.45, 2.75) is 0 Å². The fourth-order valence-electron chi connectivity index (χ4n) is 2.20. The summed E-state index contributed by atoms with van der Waals surface area (Å²) in [6.07, 6.45) is 0. The molecule has 0 aliphatic heterocycles. The number of hydrogen-bond acceptors (Lipinski definition) is 3. The maximum atomic E-state index is 11.7. The number of aromatic nitrogens is 1. The van der Waals surface area contributed by atoms with Crippen molar-refractivity contribution in [3.05, 3.63) is 70.7 Å². The van der Waals surface area contributed by atoms with Gasteiger partial charge in [0.05, 0.1) is 0 Å². The molecule has 2 aromatic carbocycles. The molecule has 0 aliphatic rings. The van der Waals surface area contributed by atoms with Crippen molar-refractivity contribution in [2.24, 2.45) is 5.73 Å². The molecule has 1 heterocycles. The average molecular weight is 280 g/mol. The van der Waals surface area contributed by atoms with E-state index in [0.717, 1.165) is 11.1 Å². The Morgan fingerprint density at radius 1 is 0.905 bits per heavy atom. The minimum atomic E-state index is -0.782. The predicted octanol–water partition coefficient (Wildman–Crippen LogP) is 2.40.